The first-order chi connectivity index (χ1) is 9.38. The number of nitrogens with zero attached hydrogens (tertiary/aromatic N) is 2. The van der Waals surface area contributed by atoms with Crippen molar-refractivity contribution in [3.05, 3.63) is 32.8 Å². The van der Waals surface area contributed by atoms with Crippen LogP contribution in [0.3, 0.4) is 0 Å². The summed E-state index contributed by atoms with van der Waals surface area (Å²) in [5.41, 5.74) is 5.24. The van der Waals surface area contributed by atoms with Gasteiger partial charge in [-0.2, -0.15) is 0 Å². The molecule has 1 amide bonds. The number of nitro benzene ring substituents is 1. The van der Waals surface area contributed by atoms with E-state index in [1.807, 2.05) is 0 Å². The molecule has 0 spiro atoms. The third kappa shape index (κ3) is 3.84. The lowest BCUT2D eigenvalue weighted by Gasteiger charge is -2.17. The molecule has 110 valence electrons. The molecule has 0 unspecified atom stereocenters. The van der Waals surface area contributed by atoms with E-state index in [4.69, 9.17) is 17.3 Å². The molecular formula is C13H18ClN3O3. The monoisotopic (exact) mass is 299 g/mol. The number of carbonyl (C=O) groups is 1. The van der Waals surface area contributed by atoms with E-state index in [1.165, 1.54) is 17.0 Å². The second-order valence-corrected chi connectivity index (χ2v) is 4.99. The van der Waals surface area contributed by atoms with E-state index in [2.05, 4.69) is 6.92 Å². The highest BCUT2D eigenvalue weighted by Crippen LogP contribution is 2.31. The maximum atomic E-state index is 12.2. The van der Waals surface area contributed by atoms with Crippen molar-refractivity contribution in [3.8, 4) is 0 Å². The fourth-order valence-electron chi connectivity index (χ4n) is 1.80. The van der Waals surface area contributed by atoms with E-state index < -0.39 is 4.92 Å². The van der Waals surface area contributed by atoms with Gasteiger partial charge in [-0.3, -0.25) is 14.9 Å². The molecule has 0 aliphatic rings. The van der Waals surface area contributed by atoms with Gasteiger partial charge < -0.3 is 10.6 Å². The molecule has 0 fully saturated rings. The van der Waals surface area contributed by atoms with Gasteiger partial charge in [-0.15, -0.1) is 0 Å². The first-order valence-corrected chi connectivity index (χ1v) is 6.75. The summed E-state index contributed by atoms with van der Waals surface area (Å²) in [6.45, 7) is 2.67. The number of halogens is 1. The Kier molecular flexibility index (Phi) is 5.76. The number of amides is 1. The summed E-state index contributed by atoms with van der Waals surface area (Å²) in [6, 6.07) is 2.53. The summed E-state index contributed by atoms with van der Waals surface area (Å²) in [4.78, 5) is 23.9. The lowest BCUT2D eigenvalue weighted by Crippen LogP contribution is -2.27. The van der Waals surface area contributed by atoms with Crippen LogP contribution in [0.4, 0.5) is 11.4 Å². The lowest BCUT2D eigenvalue weighted by molar-refractivity contribution is -0.383. The molecule has 0 radical (unpaired) electrons. The largest absolute Gasteiger partial charge is 0.392 e. The van der Waals surface area contributed by atoms with Crippen molar-refractivity contribution in [2.75, 3.05) is 19.3 Å². The first-order valence-electron chi connectivity index (χ1n) is 6.37. The van der Waals surface area contributed by atoms with Crippen LogP contribution in [-0.4, -0.2) is 29.3 Å². The van der Waals surface area contributed by atoms with Crippen molar-refractivity contribution < 1.29 is 9.72 Å². The molecule has 0 saturated carbocycles. The van der Waals surface area contributed by atoms with Gasteiger partial charge in [0.1, 0.15) is 5.69 Å². The van der Waals surface area contributed by atoms with E-state index in [0.29, 0.717) is 6.54 Å². The molecule has 0 aliphatic heterocycles. The molecule has 0 aliphatic carbocycles. The van der Waals surface area contributed by atoms with Crippen LogP contribution in [0.15, 0.2) is 12.1 Å². The molecule has 1 rings (SSSR count). The number of nitrogen functional groups attached to an aromatic ring is 1. The average Bonchev–Trinajstić information content (AvgIpc) is 2.40. The summed E-state index contributed by atoms with van der Waals surface area (Å²) in [7, 11) is 1.66. The normalized spacial score (nSPS) is 10.3. The molecule has 0 atom stereocenters. The Balaban J connectivity index is 2.96. The van der Waals surface area contributed by atoms with Gasteiger partial charge >= 0.3 is 0 Å². The van der Waals surface area contributed by atoms with Crippen molar-refractivity contribution in [2.45, 2.75) is 26.2 Å². The summed E-state index contributed by atoms with van der Waals surface area (Å²) >= 11 is 5.84. The lowest BCUT2D eigenvalue weighted by atomic mass is 10.1. The Morgan fingerprint density at radius 3 is 2.65 bits per heavy atom. The zero-order chi connectivity index (χ0) is 15.3. The van der Waals surface area contributed by atoms with Crippen LogP contribution >= 0.6 is 11.6 Å². The molecular weight excluding hydrogens is 282 g/mol. The number of hydrogen-bond acceptors (Lipinski definition) is 4. The average molecular weight is 300 g/mol. The summed E-state index contributed by atoms with van der Waals surface area (Å²) < 4.78 is 0. The fraction of sp³-hybridized carbons (Fsp3) is 0.462. The van der Waals surface area contributed by atoms with Crippen molar-refractivity contribution in [1.82, 2.24) is 4.90 Å². The number of nitrogens with two attached hydrogens (primary N) is 1. The van der Waals surface area contributed by atoms with E-state index in [-0.39, 0.29) is 27.9 Å². The van der Waals surface area contributed by atoms with E-state index in [9.17, 15) is 14.9 Å². The molecule has 1 aromatic rings. The smallest absolute Gasteiger partial charge is 0.294 e. The minimum atomic E-state index is -0.644. The van der Waals surface area contributed by atoms with Gasteiger partial charge in [0, 0.05) is 25.2 Å². The van der Waals surface area contributed by atoms with Crippen molar-refractivity contribution in [2.24, 2.45) is 0 Å². The quantitative estimate of drug-likeness (QED) is 0.378. The molecule has 0 aromatic heterocycles. The molecule has 1 aromatic carbocycles. The summed E-state index contributed by atoms with van der Waals surface area (Å²) in [5.74, 6) is -0.300. The highest BCUT2D eigenvalue weighted by molar-refractivity contribution is 6.34. The van der Waals surface area contributed by atoms with Gasteiger partial charge in [0.2, 0.25) is 0 Å². The molecule has 0 heterocycles. The number of unbranched alkanes of at least 4 members (excludes halogenated alkanes) is 2. The molecule has 20 heavy (non-hydrogen) atoms. The van der Waals surface area contributed by atoms with Crippen molar-refractivity contribution >= 4 is 28.9 Å². The highest BCUT2D eigenvalue weighted by Gasteiger charge is 2.21. The number of carbonyl (C=O) groups excluding carboxylic acids is 1. The van der Waals surface area contributed by atoms with E-state index in [0.717, 1.165) is 19.3 Å². The summed E-state index contributed by atoms with van der Waals surface area (Å²) in [5, 5.41) is 10.9. The molecule has 6 nitrogen and oxygen atoms in total. The van der Waals surface area contributed by atoms with Crippen LogP contribution in [0.2, 0.25) is 5.02 Å². The predicted molar refractivity (Wildman–Crippen MR) is 79.0 cm³/mol. The van der Waals surface area contributed by atoms with E-state index in [1.54, 1.807) is 7.05 Å². The second kappa shape index (κ2) is 7.09. The Morgan fingerprint density at radius 2 is 2.10 bits per heavy atom. The number of rotatable bonds is 6. The van der Waals surface area contributed by atoms with Gasteiger partial charge in [-0.05, 0) is 12.5 Å². The number of benzene rings is 1. The van der Waals surface area contributed by atoms with Crippen molar-refractivity contribution in [1.29, 1.82) is 0 Å². The van der Waals surface area contributed by atoms with Gasteiger partial charge in [0.25, 0.3) is 11.6 Å². The third-order valence-electron chi connectivity index (χ3n) is 3.00. The number of nitro groups is 1. The third-order valence-corrected chi connectivity index (χ3v) is 3.31. The van der Waals surface area contributed by atoms with Crippen molar-refractivity contribution in [3.63, 3.8) is 0 Å². The Bertz CT molecular complexity index is 520. The SMILES string of the molecule is CCCCCN(C)C(=O)c1cc(Cl)c(N)c([N+](=O)[O-])c1. The van der Waals surface area contributed by atoms with Gasteiger partial charge in [-0.1, -0.05) is 31.4 Å². The number of anilines is 1. The Hall–Kier alpha value is -1.82. The van der Waals surface area contributed by atoms with Crippen LogP contribution in [0, 0.1) is 10.1 Å². The van der Waals surface area contributed by atoms with Gasteiger partial charge in [0.15, 0.2) is 0 Å². The highest BCUT2D eigenvalue weighted by atomic mass is 35.5. The summed E-state index contributed by atoms with van der Waals surface area (Å²) in [6.07, 6.45) is 2.98. The Labute approximate surface area is 122 Å². The van der Waals surface area contributed by atoms with Crippen LogP contribution in [0.25, 0.3) is 0 Å². The van der Waals surface area contributed by atoms with Crippen LogP contribution < -0.4 is 5.73 Å². The maximum Gasteiger partial charge on any atom is 0.294 e. The fourth-order valence-corrected chi connectivity index (χ4v) is 2.01. The standard InChI is InChI=1S/C13H18ClN3O3/c1-3-4-5-6-16(2)13(18)9-7-10(14)12(15)11(8-9)17(19)20/h7-8H,3-6,15H2,1-2H3. The minimum absolute atomic E-state index is 0.0181. The van der Waals surface area contributed by atoms with E-state index >= 15 is 0 Å². The number of hydrogen-bond donors (Lipinski definition) is 1. The second-order valence-electron chi connectivity index (χ2n) is 4.58. The van der Waals surface area contributed by atoms with Crippen LogP contribution in [0.5, 0.6) is 0 Å². The van der Waals surface area contributed by atoms with Gasteiger partial charge in [0.05, 0.1) is 9.95 Å². The Morgan fingerprint density at radius 1 is 1.45 bits per heavy atom. The minimum Gasteiger partial charge on any atom is -0.392 e. The van der Waals surface area contributed by atoms with Gasteiger partial charge in [-0.25, -0.2) is 0 Å². The molecule has 0 saturated heterocycles. The molecule has 0 bridgehead atoms. The zero-order valence-corrected chi connectivity index (χ0v) is 12.3. The zero-order valence-electron chi connectivity index (χ0n) is 11.6. The topological polar surface area (TPSA) is 89.5 Å². The van der Waals surface area contributed by atoms with Crippen LogP contribution in [0.1, 0.15) is 36.5 Å². The molecule has 7 heteroatoms. The molecule has 2 N–H and O–H groups in total. The predicted octanol–water partition coefficient (Wildman–Crippen LogP) is 3.09. The maximum absolute atomic E-state index is 12.2. The first kappa shape index (κ1) is 16.2. The van der Waals surface area contributed by atoms with Crippen LogP contribution in [-0.2, 0) is 0 Å².